The van der Waals surface area contributed by atoms with Gasteiger partial charge in [0.05, 0.1) is 14.2 Å². The van der Waals surface area contributed by atoms with Gasteiger partial charge in [0.1, 0.15) is 5.82 Å². The quantitative estimate of drug-likeness (QED) is 0.763. The normalized spacial score (nSPS) is 10.7. The van der Waals surface area contributed by atoms with Crippen molar-refractivity contribution in [3.05, 3.63) is 23.5 Å². The monoisotopic (exact) mass is 241 g/mol. The minimum atomic E-state index is -0.235. The van der Waals surface area contributed by atoms with Crippen molar-refractivity contribution >= 4 is 0 Å². The summed E-state index contributed by atoms with van der Waals surface area (Å²) in [6.07, 6.45) is 1.53. The Hall–Kier alpha value is -1.29. The van der Waals surface area contributed by atoms with Crippen LogP contribution in [-0.2, 0) is 6.42 Å². The number of hydrogen-bond acceptors (Lipinski definition) is 3. The SMILES string of the molecule is COc1ccc(F)c(CCCN(C)C)c1OC. The van der Waals surface area contributed by atoms with E-state index in [1.807, 2.05) is 14.1 Å². The molecule has 0 aliphatic rings. The topological polar surface area (TPSA) is 21.7 Å². The van der Waals surface area contributed by atoms with Gasteiger partial charge in [0.15, 0.2) is 11.5 Å². The minimum absolute atomic E-state index is 0.235. The maximum Gasteiger partial charge on any atom is 0.166 e. The van der Waals surface area contributed by atoms with Crippen LogP contribution in [0.15, 0.2) is 12.1 Å². The minimum Gasteiger partial charge on any atom is -0.493 e. The van der Waals surface area contributed by atoms with Gasteiger partial charge in [-0.15, -0.1) is 0 Å². The van der Waals surface area contributed by atoms with Gasteiger partial charge in [-0.2, -0.15) is 0 Å². The Labute approximate surface area is 102 Å². The molecule has 0 aliphatic carbocycles. The van der Waals surface area contributed by atoms with Crippen molar-refractivity contribution in [1.29, 1.82) is 0 Å². The molecule has 4 heteroatoms. The maximum atomic E-state index is 13.7. The molecule has 1 aromatic carbocycles. The molecule has 0 heterocycles. The molecule has 0 N–H and O–H groups in total. The summed E-state index contributed by atoms with van der Waals surface area (Å²) >= 11 is 0. The third kappa shape index (κ3) is 3.60. The van der Waals surface area contributed by atoms with Crippen LogP contribution in [0.25, 0.3) is 0 Å². The van der Waals surface area contributed by atoms with Gasteiger partial charge >= 0.3 is 0 Å². The number of methoxy groups -OCH3 is 2. The molecule has 1 aromatic rings. The highest BCUT2D eigenvalue weighted by Gasteiger charge is 2.14. The smallest absolute Gasteiger partial charge is 0.166 e. The zero-order valence-corrected chi connectivity index (χ0v) is 10.9. The summed E-state index contributed by atoms with van der Waals surface area (Å²) in [5.41, 5.74) is 0.591. The second kappa shape index (κ2) is 6.45. The van der Waals surface area contributed by atoms with E-state index in [-0.39, 0.29) is 5.82 Å². The molecule has 0 radical (unpaired) electrons. The lowest BCUT2D eigenvalue weighted by molar-refractivity contribution is 0.345. The zero-order valence-electron chi connectivity index (χ0n) is 10.9. The number of hydrogen-bond donors (Lipinski definition) is 0. The van der Waals surface area contributed by atoms with E-state index >= 15 is 0 Å². The summed E-state index contributed by atoms with van der Waals surface area (Å²) in [4.78, 5) is 2.07. The highest BCUT2D eigenvalue weighted by atomic mass is 19.1. The average molecular weight is 241 g/mol. The van der Waals surface area contributed by atoms with Gasteiger partial charge in [-0.05, 0) is 45.6 Å². The number of halogens is 1. The summed E-state index contributed by atoms with van der Waals surface area (Å²) in [7, 11) is 7.09. The van der Waals surface area contributed by atoms with Gasteiger partial charge in [0.2, 0.25) is 0 Å². The Balaban J connectivity index is 2.87. The molecular weight excluding hydrogens is 221 g/mol. The lowest BCUT2D eigenvalue weighted by Crippen LogP contribution is -2.14. The predicted octanol–water partition coefficient (Wildman–Crippen LogP) is 2.34. The summed E-state index contributed by atoms with van der Waals surface area (Å²) in [5.74, 6) is 0.849. The standard InChI is InChI=1S/C13H20FNO2/c1-15(2)9-5-6-10-11(14)7-8-12(16-3)13(10)17-4/h7-8H,5-6,9H2,1-4H3. The van der Waals surface area contributed by atoms with Gasteiger partial charge in [0.25, 0.3) is 0 Å². The Morgan fingerprint density at radius 2 is 1.88 bits per heavy atom. The van der Waals surface area contributed by atoms with Crippen molar-refractivity contribution < 1.29 is 13.9 Å². The molecule has 96 valence electrons. The van der Waals surface area contributed by atoms with E-state index in [0.29, 0.717) is 23.5 Å². The zero-order chi connectivity index (χ0) is 12.8. The van der Waals surface area contributed by atoms with Crippen LogP contribution >= 0.6 is 0 Å². The highest BCUT2D eigenvalue weighted by molar-refractivity contribution is 5.47. The number of nitrogens with zero attached hydrogens (tertiary/aromatic N) is 1. The fraction of sp³-hybridized carbons (Fsp3) is 0.538. The van der Waals surface area contributed by atoms with Crippen LogP contribution in [0.3, 0.4) is 0 Å². The van der Waals surface area contributed by atoms with Gasteiger partial charge in [-0.1, -0.05) is 0 Å². The average Bonchev–Trinajstić information content (AvgIpc) is 2.30. The lowest BCUT2D eigenvalue weighted by Gasteiger charge is -2.14. The van der Waals surface area contributed by atoms with Crippen molar-refractivity contribution in [3.8, 4) is 11.5 Å². The van der Waals surface area contributed by atoms with E-state index in [9.17, 15) is 4.39 Å². The Morgan fingerprint density at radius 3 is 2.41 bits per heavy atom. The van der Waals surface area contributed by atoms with E-state index in [0.717, 1.165) is 13.0 Å². The Morgan fingerprint density at radius 1 is 1.18 bits per heavy atom. The molecule has 1 rings (SSSR count). The number of benzene rings is 1. The third-order valence-corrected chi connectivity index (χ3v) is 2.62. The van der Waals surface area contributed by atoms with E-state index in [1.54, 1.807) is 13.2 Å². The molecule has 0 aliphatic heterocycles. The molecule has 0 atom stereocenters. The van der Waals surface area contributed by atoms with E-state index < -0.39 is 0 Å². The Bertz CT molecular complexity index is 367. The highest BCUT2D eigenvalue weighted by Crippen LogP contribution is 2.33. The predicted molar refractivity (Wildman–Crippen MR) is 66.4 cm³/mol. The Kier molecular flexibility index (Phi) is 5.22. The fourth-order valence-corrected chi connectivity index (χ4v) is 1.77. The van der Waals surface area contributed by atoms with Crippen LogP contribution in [0.5, 0.6) is 11.5 Å². The molecule has 0 amide bonds. The molecule has 0 aromatic heterocycles. The largest absolute Gasteiger partial charge is 0.493 e. The summed E-state index contributed by atoms with van der Waals surface area (Å²) in [6, 6.07) is 3.01. The van der Waals surface area contributed by atoms with E-state index in [2.05, 4.69) is 4.90 Å². The molecular formula is C13H20FNO2. The van der Waals surface area contributed by atoms with Gasteiger partial charge in [0, 0.05) is 5.56 Å². The molecule has 0 saturated carbocycles. The van der Waals surface area contributed by atoms with E-state index in [4.69, 9.17) is 9.47 Å². The van der Waals surface area contributed by atoms with Crippen LogP contribution < -0.4 is 9.47 Å². The van der Waals surface area contributed by atoms with Crippen LogP contribution in [0.2, 0.25) is 0 Å². The van der Waals surface area contributed by atoms with Gasteiger partial charge < -0.3 is 14.4 Å². The van der Waals surface area contributed by atoms with Crippen molar-refractivity contribution in [1.82, 2.24) is 4.90 Å². The molecule has 0 spiro atoms. The van der Waals surface area contributed by atoms with Gasteiger partial charge in [-0.25, -0.2) is 4.39 Å². The molecule has 0 fully saturated rings. The van der Waals surface area contributed by atoms with Crippen molar-refractivity contribution in [2.45, 2.75) is 12.8 Å². The van der Waals surface area contributed by atoms with Crippen LogP contribution in [0, 0.1) is 5.82 Å². The number of rotatable bonds is 6. The van der Waals surface area contributed by atoms with Crippen molar-refractivity contribution in [2.24, 2.45) is 0 Å². The lowest BCUT2D eigenvalue weighted by atomic mass is 10.1. The molecule has 17 heavy (non-hydrogen) atoms. The summed E-state index contributed by atoms with van der Waals surface area (Å²) in [6.45, 7) is 0.916. The maximum absolute atomic E-state index is 13.7. The van der Waals surface area contributed by atoms with Crippen LogP contribution in [-0.4, -0.2) is 39.8 Å². The van der Waals surface area contributed by atoms with Crippen LogP contribution in [0.4, 0.5) is 4.39 Å². The van der Waals surface area contributed by atoms with Crippen LogP contribution in [0.1, 0.15) is 12.0 Å². The van der Waals surface area contributed by atoms with Crippen molar-refractivity contribution in [3.63, 3.8) is 0 Å². The molecule has 0 bridgehead atoms. The first-order valence-corrected chi connectivity index (χ1v) is 5.64. The summed E-state index contributed by atoms with van der Waals surface area (Å²) < 4.78 is 24.1. The first-order chi connectivity index (χ1) is 8.10. The van der Waals surface area contributed by atoms with Crippen molar-refractivity contribution in [2.75, 3.05) is 34.9 Å². The third-order valence-electron chi connectivity index (χ3n) is 2.62. The molecule has 3 nitrogen and oxygen atoms in total. The van der Waals surface area contributed by atoms with E-state index in [1.165, 1.54) is 13.2 Å². The second-order valence-electron chi connectivity index (χ2n) is 4.17. The fourth-order valence-electron chi connectivity index (χ4n) is 1.77. The number of ether oxygens (including phenoxy) is 2. The summed E-state index contributed by atoms with van der Waals surface area (Å²) in [5, 5.41) is 0. The van der Waals surface area contributed by atoms with Gasteiger partial charge in [-0.3, -0.25) is 0 Å². The first kappa shape index (κ1) is 13.8. The molecule has 0 saturated heterocycles. The first-order valence-electron chi connectivity index (χ1n) is 5.64. The second-order valence-corrected chi connectivity index (χ2v) is 4.17. The molecule has 0 unspecified atom stereocenters.